The maximum Gasteiger partial charge on any atom is 0.255 e. The summed E-state index contributed by atoms with van der Waals surface area (Å²) in [6.07, 6.45) is 2.77. The maximum atomic E-state index is 12.9. The molecule has 0 radical (unpaired) electrons. The summed E-state index contributed by atoms with van der Waals surface area (Å²) in [5, 5.41) is 8.55. The standard InChI is InChI=1S/C31H37N5O6/c1-41-27-19-22(10-11-25(27)32)29(38)34-16-5-14-33-15-6-18-42-17-3-2-7-21-8-4-9-23-24(21)20-36(31(23)40)26-12-13-28(37)35-30(26)39/h4,8-11,19,26,33H,3,5-6,12-18,20,32H2,1H3,(H,34,38)(H,35,37,39). The predicted octanol–water partition coefficient (Wildman–Crippen LogP) is 1.60. The number of nitrogens with zero attached hydrogens (tertiary/aromatic N) is 1. The molecule has 0 saturated carbocycles. The first kappa shape index (κ1) is 30.6. The Morgan fingerprint density at radius 1 is 1.12 bits per heavy atom. The molecule has 0 bridgehead atoms. The fourth-order valence-electron chi connectivity index (χ4n) is 4.88. The molecule has 0 aromatic heterocycles. The molecule has 1 fully saturated rings. The fourth-order valence-corrected chi connectivity index (χ4v) is 4.88. The zero-order valence-electron chi connectivity index (χ0n) is 23.8. The molecule has 1 atom stereocenters. The van der Waals surface area contributed by atoms with Crippen LogP contribution in [0.15, 0.2) is 36.4 Å². The van der Waals surface area contributed by atoms with Crippen molar-refractivity contribution in [2.75, 3.05) is 45.7 Å². The molecule has 2 aromatic rings. The first-order valence-corrected chi connectivity index (χ1v) is 14.1. The second-order valence-electron chi connectivity index (χ2n) is 10.1. The Labute approximate surface area is 245 Å². The number of rotatable bonds is 13. The minimum Gasteiger partial charge on any atom is -0.495 e. The number of benzene rings is 2. The van der Waals surface area contributed by atoms with Crippen LogP contribution in [0.25, 0.3) is 0 Å². The lowest BCUT2D eigenvalue weighted by Crippen LogP contribution is -2.52. The van der Waals surface area contributed by atoms with E-state index in [1.807, 2.05) is 6.07 Å². The van der Waals surface area contributed by atoms with Crippen molar-refractivity contribution in [1.29, 1.82) is 0 Å². The number of amides is 4. The molecule has 2 aliphatic heterocycles. The molecule has 4 amide bonds. The minimum atomic E-state index is -0.641. The van der Waals surface area contributed by atoms with Gasteiger partial charge in [0.2, 0.25) is 11.8 Å². The van der Waals surface area contributed by atoms with Gasteiger partial charge in [-0.15, -0.1) is 0 Å². The van der Waals surface area contributed by atoms with E-state index in [0.29, 0.717) is 61.7 Å². The summed E-state index contributed by atoms with van der Waals surface area (Å²) in [6, 6.07) is 9.74. The van der Waals surface area contributed by atoms with Crippen LogP contribution in [-0.2, 0) is 20.9 Å². The lowest BCUT2D eigenvalue weighted by atomic mass is 10.0. The Hall–Kier alpha value is -4.40. The van der Waals surface area contributed by atoms with E-state index in [0.717, 1.165) is 37.1 Å². The molecule has 4 rings (SSSR count). The summed E-state index contributed by atoms with van der Waals surface area (Å²) in [7, 11) is 1.52. The Morgan fingerprint density at radius 3 is 2.76 bits per heavy atom. The number of ether oxygens (including phenoxy) is 2. The predicted molar refractivity (Wildman–Crippen MR) is 157 cm³/mol. The highest BCUT2D eigenvalue weighted by molar-refractivity contribution is 6.05. The van der Waals surface area contributed by atoms with Crippen LogP contribution < -0.4 is 26.4 Å². The van der Waals surface area contributed by atoms with Gasteiger partial charge < -0.3 is 30.7 Å². The summed E-state index contributed by atoms with van der Waals surface area (Å²) in [5.41, 5.74) is 8.93. The van der Waals surface area contributed by atoms with Crippen molar-refractivity contribution in [3.05, 3.63) is 58.7 Å². The number of imide groups is 1. The van der Waals surface area contributed by atoms with Crippen LogP contribution in [0, 0.1) is 11.8 Å². The van der Waals surface area contributed by atoms with Gasteiger partial charge in [0, 0.05) is 49.2 Å². The Kier molecular flexibility index (Phi) is 10.9. The molecule has 11 heteroatoms. The van der Waals surface area contributed by atoms with E-state index in [1.54, 1.807) is 30.3 Å². The molecule has 1 saturated heterocycles. The van der Waals surface area contributed by atoms with Crippen molar-refractivity contribution >= 4 is 29.3 Å². The molecule has 222 valence electrons. The Bertz CT molecular complexity index is 1380. The van der Waals surface area contributed by atoms with Gasteiger partial charge in [-0.2, -0.15) is 0 Å². The van der Waals surface area contributed by atoms with Crippen molar-refractivity contribution < 1.29 is 28.7 Å². The molecule has 11 nitrogen and oxygen atoms in total. The van der Waals surface area contributed by atoms with Gasteiger partial charge in [-0.3, -0.25) is 24.5 Å². The number of nitrogens with one attached hydrogen (secondary N) is 3. The summed E-state index contributed by atoms with van der Waals surface area (Å²) in [4.78, 5) is 50.5. The van der Waals surface area contributed by atoms with Gasteiger partial charge in [0.05, 0.1) is 19.4 Å². The van der Waals surface area contributed by atoms with Crippen molar-refractivity contribution in [3.63, 3.8) is 0 Å². The number of fused-ring (bicyclic) bond motifs is 1. The first-order chi connectivity index (χ1) is 20.4. The number of hydrogen-bond donors (Lipinski definition) is 4. The van der Waals surface area contributed by atoms with Crippen LogP contribution in [-0.4, -0.2) is 74.5 Å². The maximum absolute atomic E-state index is 12.9. The molecular formula is C31H37N5O6. The van der Waals surface area contributed by atoms with E-state index in [-0.39, 0.29) is 24.1 Å². The monoisotopic (exact) mass is 575 g/mol. The van der Waals surface area contributed by atoms with Gasteiger partial charge in [0.25, 0.3) is 11.8 Å². The zero-order chi connectivity index (χ0) is 29.9. The SMILES string of the molecule is COc1cc(C(=O)NCCCNCCCOCCC#Cc2cccc3c2CN(C2CCC(=O)NC2=O)C3=O)ccc1N. The van der Waals surface area contributed by atoms with Crippen LogP contribution in [0.5, 0.6) is 5.75 Å². The number of anilines is 1. The van der Waals surface area contributed by atoms with Crippen molar-refractivity contribution in [1.82, 2.24) is 20.9 Å². The molecule has 2 aliphatic rings. The van der Waals surface area contributed by atoms with Crippen LogP contribution in [0.1, 0.15) is 63.9 Å². The number of carbonyl (C=O) groups is 4. The minimum absolute atomic E-state index is 0.163. The van der Waals surface area contributed by atoms with E-state index in [2.05, 4.69) is 27.8 Å². The lowest BCUT2D eigenvalue weighted by molar-refractivity contribution is -0.136. The van der Waals surface area contributed by atoms with E-state index in [9.17, 15) is 19.2 Å². The third kappa shape index (κ3) is 7.87. The Balaban J connectivity index is 1.07. The fraction of sp³-hybridized carbons (Fsp3) is 0.419. The average molecular weight is 576 g/mol. The van der Waals surface area contributed by atoms with E-state index in [4.69, 9.17) is 15.2 Å². The second-order valence-corrected chi connectivity index (χ2v) is 10.1. The van der Waals surface area contributed by atoms with Gasteiger partial charge in [0.1, 0.15) is 11.8 Å². The van der Waals surface area contributed by atoms with Crippen LogP contribution in [0.2, 0.25) is 0 Å². The van der Waals surface area contributed by atoms with Gasteiger partial charge in [-0.05, 0) is 68.2 Å². The van der Waals surface area contributed by atoms with Gasteiger partial charge in [-0.1, -0.05) is 17.9 Å². The quantitative estimate of drug-likeness (QED) is 0.122. The number of nitrogen functional groups attached to an aromatic ring is 1. The number of piperidine rings is 1. The second kappa shape index (κ2) is 15.0. The van der Waals surface area contributed by atoms with Gasteiger partial charge in [-0.25, -0.2) is 0 Å². The first-order valence-electron chi connectivity index (χ1n) is 14.1. The summed E-state index contributed by atoms with van der Waals surface area (Å²) >= 11 is 0. The van der Waals surface area contributed by atoms with Crippen molar-refractivity contribution in [2.24, 2.45) is 0 Å². The summed E-state index contributed by atoms with van der Waals surface area (Å²) < 4.78 is 10.8. The van der Waals surface area contributed by atoms with Gasteiger partial charge >= 0.3 is 0 Å². The van der Waals surface area contributed by atoms with Crippen molar-refractivity contribution in [3.8, 4) is 17.6 Å². The molecule has 5 N–H and O–H groups in total. The molecule has 42 heavy (non-hydrogen) atoms. The number of methoxy groups -OCH3 is 1. The topological polar surface area (TPSA) is 152 Å². The van der Waals surface area contributed by atoms with E-state index >= 15 is 0 Å². The molecule has 2 aromatic carbocycles. The highest BCUT2D eigenvalue weighted by atomic mass is 16.5. The number of carbonyl (C=O) groups excluding carboxylic acids is 4. The smallest absolute Gasteiger partial charge is 0.255 e. The average Bonchev–Trinajstić information content (AvgIpc) is 3.32. The molecule has 0 spiro atoms. The number of hydrogen-bond acceptors (Lipinski definition) is 8. The highest BCUT2D eigenvalue weighted by Crippen LogP contribution is 2.29. The zero-order valence-corrected chi connectivity index (χ0v) is 23.8. The normalized spacial score (nSPS) is 16.0. The molecule has 2 heterocycles. The third-order valence-corrected chi connectivity index (χ3v) is 7.13. The molecular weight excluding hydrogens is 538 g/mol. The van der Waals surface area contributed by atoms with Crippen LogP contribution in [0.3, 0.4) is 0 Å². The van der Waals surface area contributed by atoms with E-state index in [1.165, 1.54) is 12.0 Å². The molecule has 0 aliphatic carbocycles. The lowest BCUT2D eigenvalue weighted by Gasteiger charge is -2.29. The van der Waals surface area contributed by atoms with E-state index < -0.39 is 11.9 Å². The summed E-state index contributed by atoms with van der Waals surface area (Å²) in [6.45, 7) is 3.57. The third-order valence-electron chi connectivity index (χ3n) is 7.13. The highest BCUT2D eigenvalue weighted by Gasteiger charge is 2.39. The van der Waals surface area contributed by atoms with Crippen LogP contribution >= 0.6 is 0 Å². The number of nitrogens with two attached hydrogens (primary N) is 1. The van der Waals surface area contributed by atoms with Crippen molar-refractivity contribution in [2.45, 2.75) is 44.7 Å². The van der Waals surface area contributed by atoms with Crippen LogP contribution in [0.4, 0.5) is 5.69 Å². The van der Waals surface area contributed by atoms with Gasteiger partial charge in [0.15, 0.2) is 0 Å². The Morgan fingerprint density at radius 2 is 1.95 bits per heavy atom. The summed E-state index contributed by atoms with van der Waals surface area (Å²) in [5.74, 6) is 5.65. The molecule has 1 unspecified atom stereocenters. The largest absolute Gasteiger partial charge is 0.495 e.